The average molecular weight is 550 g/mol. The number of nitrogens with zero attached hydrogens (tertiary/aromatic N) is 2. The van der Waals surface area contributed by atoms with Gasteiger partial charge in [0.2, 0.25) is 0 Å². The normalized spacial score (nSPS) is 12.6. The Labute approximate surface area is 228 Å². The fourth-order valence-corrected chi connectivity index (χ4v) is 4.27. The smallest absolute Gasteiger partial charge is 0.349 e. The molecule has 4 rings (SSSR count). The number of esters is 1. The van der Waals surface area contributed by atoms with Crippen LogP contribution in [-0.4, -0.2) is 46.6 Å². The van der Waals surface area contributed by atoms with Crippen molar-refractivity contribution in [3.05, 3.63) is 79.7 Å². The molecule has 0 spiro atoms. The van der Waals surface area contributed by atoms with Gasteiger partial charge in [-0.25, -0.2) is 4.79 Å². The number of amides is 3. The lowest BCUT2D eigenvalue weighted by molar-refractivity contribution is -0.385. The van der Waals surface area contributed by atoms with E-state index in [1.54, 1.807) is 6.07 Å². The molecule has 0 fully saturated rings. The van der Waals surface area contributed by atoms with Crippen molar-refractivity contribution in [2.75, 3.05) is 13.1 Å². The summed E-state index contributed by atoms with van der Waals surface area (Å²) in [5.41, 5.74) is -1.33. The van der Waals surface area contributed by atoms with Crippen molar-refractivity contribution in [2.24, 2.45) is 5.92 Å². The van der Waals surface area contributed by atoms with E-state index in [4.69, 9.17) is 9.15 Å². The molecule has 2 aromatic carbocycles. The molecule has 2 heterocycles. The Balaban J connectivity index is 1.27. The van der Waals surface area contributed by atoms with Crippen LogP contribution in [0.3, 0.4) is 0 Å². The highest BCUT2D eigenvalue weighted by Crippen LogP contribution is 2.31. The Hall–Kier alpha value is -4.87. The fraction of sp³-hybridized carbons (Fsp3) is 0.321. The van der Waals surface area contributed by atoms with Gasteiger partial charge < -0.3 is 14.5 Å². The quantitative estimate of drug-likeness (QED) is 0.0711. The number of hydrogen-bond acceptors (Lipinski definition) is 9. The first-order valence-electron chi connectivity index (χ1n) is 12.8. The summed E-state index contributed by atoms with van der Waals surface area (Å²) in [5.74, 6) is -1.93. The molecule has 0 aliphatic carbocycles. The molecule has 0 saturated heterocycles. The van der Waals surface area contributed by atoms with Gasteiger partial charge in [-0.05, 0) is 43.0 Å². The molecule has 0 unspecified atom stereocenters. The highest BCUT2D eigenvalue weighted by Gasteiger charge is 2.40. The first-order chi connectivity index (χ1) is 19.1. The van der Waals surface area contributed by atoms with E-state index in [9.17, 15) is 34.1 Å². The number of rotatable bonds is 11. The zero-order valence-corrected chi connectivity index (χ0v) is 21.9. The van der Waals surface area contributed by atoms with Crippen LogP contribution >= 0.6 is 0 Å². The van der Waals surface area contributed by atoms with E-state index in [0.29, 0.717) is 31.2 Å². The predicted molar refractivity (Wildman–Crippen MR) is 142 cm³/mol. The van der Waals surface area contributed by atoms with E-state index in [2.05, 4.69) is 5.32 Å². The SMILES string of the molecule is CC(C)CNC(=O)c1cc2ccc(OC(=O)CCCCCN3C(=O)c4cccc([N+](=O)[O-])c4C3=O)cc2oc1=O. The van der Waals surface area contributed by atoms with E-state index >= 15 is 0 Å². The molecule has 1 N–H and O–H groups in total. The minimum absolute atomic E-state index is 0.0135. The van der Waals surface area contributed by atoms with Gasteiger partial charge in [0, 0.05) is 37.0 Å². The third-order valence-electron chi connectivity index (χ3n) is 6.29. The second-order valence-corrected chi connectivity index (χ2v) is 9.75. The molecule has 12 nitrogen and oxygen atoms in total. The van der Waals surface area contributed by atoms with Crippen LogP contribution in [0.2, 0.25) is 0 Å². The first-order valence-corrected chi connectivity index (χ1v) is 12.8. The van der Waals surface area contributed by atoms with Crippen molar-refractivity contribution >= 4 is 40.3 Å². The van der Waals surface area contributed by atoms with E-state index in [-0.39, 0.29) is 46.9 Å². The minimum atomic E-state index is -0.801. The van der Waals surface area contributed by atoms with Crippen LogP contribution < -0.4 is 15.7 Å². The van der Waals surface area contributed by atoms with Crippen molar-refractivity contribution in [1.82, 2.24) is 10.2 Å². The lowest BCUT2D eigenvalue weighted by Gasteiger charge is -2.13. The van der Waals surface area contributed by atoms with Gasteiger partial charge in [-0.2, -0.15) is 0 Å². The lowest BCUT2D eigenvalue weighted by Crippen LogP contribution is -2.31. The number of fused-ring (bicyclic) bond motifs is 2. The van der Waals surface area contributed by atoms with Gasteiger partial charge >= 0.3 is 11.6 Å². The summed E-state index contributed by atoms with van der Waals surface area (Å²) in [6, 6.07) is 9.86. The van der Waals surface area contributed by atoms with Gasteiger partial charge in [0.05, 0.1) is 10.5 Å². The maximum Gasteiger partial charge on any atom is 0.349 e. The Morgan fingerprint density at radius 2 is 1.82 bits per heavy atom. The zero-order valence-electron chi connectivity index (χ0n) is 21.9. The zero-order chi connectivity index (χ0) is 29.0. The van der Waals surface area contributed by atoms with Crippen molar-refractivity contribution < 1.29 is 33.3 Å². The van der Waals surface area contributed by atoms with Gasteiger partial charge in [0.25, 0.3) is 23.4 Å². The maximum absolute atomic E-state index is 12.6. The number of imide groups is 1. The summed E-state index contributed by atoms with van der Waals surface area (Å²) < 4.78 is 10.6. The molecule has 3 amide bonds. The highest BCUT2D eigenvalue weighted by molar-refractivity contribution is 6.23. The van der Waals surface area contributed by atoms with Gasteiger partial charge in [-0.1, -0.05) is 26.3 Å². The van der Waals surface area contributed by atoms with Crippen LogP contribution in [0.5, 0.6) is 5.75 Å². The van der Waals surface area contributed by atoms with E-state index in [0.717, 1.165) is 4.90 Å². The summed E-state index contributed by atoms with van der Waals surface area (Å²) in [6.45, 7) is 4.35. The van der Waals surface area contributed by atoms with E-state index in [1.807, 2.05) is 13.8 Å². The number of nitrogens with one attached hydrogen (secondary N) is 1. The summed E-state index contributed by atoms with van der Waals surface area (Å²) in [7, 11) is 0. The molecular weight excluding hydrogens is 522 g/mol. The third kappa shape index (κ3) is 6.06. The Kier molecular flexibility index (Phi) is 8.37. The fourth-order valence-electron chi connectivity index (χ4n) is 4.27. The second-order valence-electron chi connectivity index (χ2n) is 9.75. The molecule has 3 aromatic rings. The van der Waals surface area contributed by atoms with Gasteiger partial charge in [0.1, 0.15) is 22.5 Å². The number of unbranched alkanes of at least 4 members (excludes halogenated alkanes) is 2. The minimum Gasteiger partial charge on any atom is -0.426 e. The van der Waals surface area contributed by atoms with Crippen LogP contribution in [0.4, 0.5) is 5.69 Å². The number of hydrogen-bond donors (Lipinski definition) is 1. The van der Waals surface area contributed by atoms with Crippen molar-refractivity contribution in [1.29, 1.82) is 0 Å². The number of carbonyl (C=O) groups excluding carboxylic acids is 4. The molecule has 0 radical (unpaired) electrons. The molecule has 1 aliphatic rings. The van der Waals surface area contributed by atoms with E-state index in [1.165, 1.54) is 36.4 Å². The molecule has 0 bridgehead atoms. The second kappa shape index (κ2) is 11.9. The lowest BCUT2D eigenvalue weighted by atomic mass is 10.1. The summed E-state index contributed by atoms with van der Waals surface area (Å²) in [5, 5.41) is 14.4. The Bertz CT molecular complexity index is 1570. The van der Waals surface area contributed by atoms with Gasteiger partial charge in [-0.15, -0.1) is 0 Å². The monoisotopic (exact) mass is 549 g/mol. The number of nitro groups is 1. The summed E-state index contributed by atoms with van der Waals surface area (Å²) in [6.07, 6.45) is 1.38. The average Bonchev–Trinajstić information content (AvgIpc) is 3.15. The van der Waals surface area contributed by atoms with E-state index < -0.39 is 39.9 Å². The van der Waals surface area contributed by atoms with Crippen LogP contribution in [0, 0.1) is 16.0 Å². The van der Waals surface area contributed by atoms with Crippen LogP contribution in [-0.2, 0) is 4.79 Å². The van der Waals surface area contributed by atoms with Crippen molar-refractivity contribution in [3.8, 4) is 5.75 Å². The number of carbonyl (C=O) groups is 4. The first kappa shape index (κ1) is 28.1. The predicted octanol–water partition coefficient (Wildman–Crippen LogP) is 3.85. The Morgan fingerprint density at radius 3 is 2.55 bits per heavy atom. The largest absolute Gasteiger partial charge is 0.426 e. The Morgan fingerprint density at radius 1 is 1.05 bits per heavy atom. The number of ether oxygens (including phenoxy) is 1. The maximum atomic E-state index is 12.6. The van der Waals surface area contributed by atoms with Gasteiger partial charge in [-0.3, -0.25) is 34.2 Å². The highest BCUT2D eigenvalue weighted by atomic mass is 16.6. The van der Waals surface area contributed by atoms with Gasteiger partial charge in [0.15, 0.2) is 0 Å². The molecule has 12 heteroatoms. The topological polar surface area (TPSA) is 166 Å². The number of benzene rings is 2. The van der Waals surface area contributed by atoms with Crippen LogP contribution in [0.15, 0.2) is 51.7 Å². The molecule has 0 saturated carbocycles. The van der Waals surface area contributed by atoms with Crippen molar-refractivity contribution in [3.63, 3.8) is 0 Å². The standard InChI is InChI=1S/C28H27N3O9/c1-16(2)15-29-25(33)20-13-17-10-11-18(14-22(17)40-28(20)36)39-23(32)9-4-3-5-12-30-26(34)19-7-6-8-21(31(37)38)24(19)27(30)35/h6-8,10-11,13-14,16H,3-5,9,12,15H2,1-2H3,(H,29,33). The molecule has 1 aromatic heterocycles. The molecular formula is C28H27N3O9. The molecule has 1 aliphatic heterocycles. The van der Waals surface area contributed by atoms with Crippen LogP contribution in [0.1, 0.15) is 70.6 Å². The number of nitro benzene ring substituents is 1. The van der Waals surface area contributed by atoms with Crippen molar-refractivity contribution in [2.45, 2.75) is 39.5 Å². The van der Waals surface area contributed by atoms with Crippen LogP contribution in [0.25, 0.3) is 11.0 Å². The molecule has 0 atom stereocenters. The summed E-state index contributed by atoms with van der Waals surface area (Å²) >= 11 is 0. The molecule has 40 heavy (non-hydrogen) atoms. The third-order valence-corrected chi connectivity index (χ3v) is 6.29. The molecule has 208 valence electrons. The summed E-state index contributed by atoms with van der Waals surface area (Å²) in [4.78, 5) is 73.5.